The molecular weight excluding hydrogens is 841 g/mol. The van der Waals surface area contributed by atoms with Crippen LogP contribution in [0.5, 0.6) is 0 Å². The first kappa shape index (κ1) is 38.2. The SMILES string of the molecule is c1ccc(C2c3ccc4c5c(ccc(c35)C2c2ccccc2)-c2c-4c(-c3c4ccccc4cc4cc5ccccc5cc34)c3ccccc3c2-c2c3ccccc3cc3cc4ccccc4cc23)cc1. The summed E-state index contributed by atoms with van der Waals surface area (Å²) in [5.74, 6) is 0.352. The van der Waals surface area contributed by atoms with Crippen LogP contribution in [0.15, 0.2) is 243 Å². The van der Waals surface area contributed by atoms with Crippen LogP contribution < -0.4 is 0 Å². The van der Waals surface area contributed by atoms with Gasteiger partial charge in [-0.3, -0.25) is 0 Å². The molecule has 0 bridgehead atoms. The van der Waals surface area contributed by atoms with Crippen molar-refractivity contribution >= 4 is 86.2 Å². The van der Waals surface area contributed by atoms with Crippen molar-refractivity contribution in [3.05, 3.63) is 265 Å². The summed E-state index contributed by atoms with van der Waals surface area (Å²) in [6.45, 7) is 0. The molecule has 2 unspecified atom stereocenters. The summed E-state index contributed by atoms with van der Waals surface area (Å²) in [5, 5.41) is 20.5. The van der Waals surface area contributed by atoms with Gasteiger partial charge in [-0.15, -0.1) is 0 Å². The highest BCUT2D eigenvalue weighted by atomic mass is 14.4. The highest BCUT2D eigenvalue weighted by Gasteiger charge is 2.41. The Kier molecular flexibility index (Phi) is 7.82. The fourth-order valence-electron chi connectivity index (χ4n) is 13.5. The van der Waals surface area contributed by atoms with Gasteiger partial charge in [0.1, 0.15) is 0 Å². The first-order valence-electron chi connectivity index (χ1n) is 24.7. The highest BCUT2D eigenvalue weighted by Crippen LogP contribution is 2.64. The van der Waals surface area contributed by atoms with E-state index in [0.717, 1.165) is 0 Å². The minimum absolute atomic E-state index is 0.176. The lowest BCUT2D eigenvalue weighted by molar-refractivity contribution is 0.729. The topological polar surface area (TPSA) is 0 Å². The summed E-state index contributed by atoms with van der Waals surface area (Å²) in [6, 6.07) is 92.4. The molecule has 0 saturated heterocycles. The molecule has 322 valence electrons. The normalized spacial score (nSPS) is 14.9. The van der Waals surface area contributed by atoms with E-state index in [1.54, 1.807) is 0 Å². The lowest BCUT2D eigenvalue weighted by Crippen LogP contribution is -2.08. The van der Waals surface area contributed by atoms with E-state index in [4.69, 9.17) is 0 Å². The Labute approximate surface area is 405 Å². The smallest absolute Gasteiger partial charge is 0.0205 e. The Morgan fingerprint density at radius 1 is 0.200 bits per heavy atom. The van der Waals surface area contributed by atoms with Crippen LogP contribution in [-0.4, -0.2) is 0 Å². The molecular formula is C70H42. The van der Waals surface area contributed by atoms with Crippen molar-refractivity contribution in [3.8, 4) is 44.5 Å². The molecule has 0 aromatic heterocycles. The van der Waals surface area contributed by atoms with Crippen LogP contribution in [0.25, 0.3) is 131 Å². The quantitative estimate of drug-likeness (QED) is 0.155. The van der Waals surface area contributed by atoms with Crippen LogP contribution in [0, 0.1) is 0 Å². The summed E-state index contributed by atoms with van der Waals surface area (Å²) in [6.07, 6.45) is 0. The molecule has 14 aromatic rings. The van der Waals surface area contributed by atoms with Crippen LogP contribution in [0.4, 0.5) is 0 Å². The van der Waals surface area contributed by atoms with E-state index < -0.39 is 0 Å². The lowest BCUT2D eigenvalue weighted by Gasteiger charge is -2.25. The van der Waals surface area contributed by atoms with Crippen LogP contribution >= 0.6 is 0 Å². The van der Waals surface area contributed by atoms with Crippen LogP contribution in [0.2, 0.25) is 0 Å². The number of rotatable bonds is 4. The first-order chi connectivity index (χ1) is 34.7. The van der Waals surface area contributed by atoms with E-state index in [2.05, 4.69) is 243 Å². The van der Waals surface area contributed by atoms with Gasteiger partial charge in [0, 0.05) is 11.8 Å². The van der Waals surface area contributed by atoms with Crippen molar-refractivity contribution in [1.82, 2.24) is 0 Å². The van der Waals surface area contributed by atoms with Gasteiger partial charge in [-0.1, -0.05) is 206 Å². The maximum atomic E-state index is 2.51. The molecule has 0 amide bonds. The second-order valence-corrected chi connectivity index (χ2v) is 19.8. The number of hydrogen-bond donors (Lipinski definition) is 0. The maximum Gasteiger partial charge on any atom is 0.0205 e. The van der Waals surface area contributed by atoms with Gasteiger partial charge in [0.2, 0.25) is 0 Å². The molecule has 2 aliphatic rings. The number of hydrogen-bond acceptors (Lipinski definition) is 0. The molecule has 2 aliphatic carbocycles. The van der Waals surface area contributed by atoms with Crippen LogP contribution in [-0.2, 0) is 0 Å². The molecule has 0 heterocycles. The van der Waals surface area contributed by atoms with Gasteiger partial charge in [0.25, 0.3) is 0 Å². The molecule has 0 saturated carbocycles. The molecule has 0 radical (unpaired) electrons. The summed E-state index contributed by atoms with van der Waals surface area (Å²) < 4.78 is 0. The van der Waals surface area contributed by atoms with Crippen molar-refractivity contribution in [2.45, 2.75) is 11.8 Å². The first-order valence-corrected chi connectivity index (χ1v) is 24.7. The molecule has 70 heavy (non-hydrogen) atoms. The van der Waals surface area contributed by atoms with Gasteiger partial charge in [0.15, 0.2) is 0 Å². The maximum absolute atomic E-state index is 2.51. The standard InChI is InChI=1S/C70H42/c1-3-17-41(18-4-1)61-55-31-33-57-66-58(34-32-56(65(55)66)62(61)42-19-5-2-6-20-42)70-68(64-52-28-14-12-26-48(52)38-50-36-44-22-8-10-24-46(44)40-60(50)64)54-30-16-15-29-53(54)67(69(57)70)63-51-27-13-11-25-47(51)37-49-35-43-21-7-9-23-45(43)39-59(49)63/h1-40,61-62H. The molecule has 0 nitrogen and oxygen atoms in total. The zero-order valence-corrected chi connectivity index (χ0v) is 38.2. The number of fused-ring (bicyclic) bond motifs is 10. The molecule has 0 fully saturated rings. The fraction of sp³-hybridized carbons (Fsp3) is 0.0286. The van der Waals surface area contributed by atoms with Crippen molar-refractivity contribution in [3.63, 3.8) is 0 Å². The minimum atomic E-state index is 0.176. The third kappa shape index (κ3) is 5.20. The van der Waals surface area contributed by atoms with Gasteiger partial charge < -0.3 is 0 Å². The minimum Gasteiger partial charge on any atom is -0.0622 e. The van der Waals surface area contributed by atoms with Gasteiger partial charge >= 0.3 is 0 Å². The van der Waals surface area contributed by atoms with E-state index >= 15 is 0 Å². The molecule has 0 N–H and O–H groups in total. The molecule has 0 spiro atoms. The predicted octanol–water partition coefficient (Wildman–Crippen LogP) is 19.2. The fourth-order valence-corrected chi connectivity index (χ4v) is 13.5. The van der Waals surface area contributed by atoms with E-state index in [1.165, 1.54) is 153 Å². The van der Waals surface area contributed by atoms with Crippen molar-refractivity contribution in [1.29, 1.82) is 0 Å². The summed E-state index contributed by atoms with van der Waals surface area (Å²) in [4.78, 5) is 0. The molecule has 0 aliphatic heterocycles. The van der Waals surface area contributed by atoms with Crippen molar-refractivity contribution in [2.24, 2.45) is 0 Å². The Balaban J connectivity index is 1.13. The molecule has 0 heteroatoms. The Bertz CT molecular complexity index is 4280. The predicted molar refractivity (Wildman–Crippen MR) is 298 cm³/mol. The Morgan fingerprint density at radius 3 is 0.971 bits per heavy atom. The van der Waals surface area contributed by atoms with Gasteiger partial charge in [-0.2, -0.15) is 0 Å². The van der Waals surface area contributed by atoms with Crippen LogP contribution in [0.3, 0.4) is 0 Å². The van der Waals surface area contributed by atoms with Gasteiger partial charge in [-0.05, 0) is 189 Å². The second kappa shape index (κ2) is 14.3. The average Bonchev–Trinajstić information content (AvgIpc) is 3.94. The van der Waals surface area contributed by atoms with Gasteiger partial charge in [-0.25, -0.2) is 0 Å². The summed E-state index contributed by atoms with van der Waals surface area (Å²) in [7, 11) is 0. The van der Waals surface area contributed by atoms with E-state index in [-0.39, 0.29) is 11.8 Å². The Morgan fingerprint density at radius 2 is 0.543 bits per heavy atom. The number of benzene rings is 14. The Hall–Kier alpha value is -8.84. The van der Waals surface area contributed by atoms with E-state index in [0.29, 0.717) is 0 Å². The van der Waals surface area contributed by atoms with Crippen molar-refractivity contribution < 1.29 is 0 Å². The highest BCUT2D eigenvalue weighted by molar-refractivity contribution is 6.34. The molecule has 2 atom stereocenters. The zero-order valence-electron chi connectivity index (χ0n) is 38.2. The zero-order chi connectivity index (χ0) is 45.6. The summed E-state index contributed by atoms with van der Waals surface area (Å²) >= 11 is 0. The third-order valence-corrected chi connectivity index (χ3v) is 16.3. The average molecular weight is 883 g/mol. The van der Waals surface area contributed by atoms with E-state index in [9.17, 15) is 0 Å². The van der Waals surface area contributed by atoms with Crippen LogP contribution in [0.1, 0.15) is 34.1 Å². The molecule has 14 aromatic carbocycles. The lowest BCUT2D eigenvalue weighted by atomic mass is 9.78. The molecule has 16 rings (SSSR count). The van der Waals surface area contributed by atoms with Crippen molar-refractivity contribution in [2.75, 3.05) is 0 Å². The monoisotopic (exact) mass is 882 g/mol. The third-order valence-electron chi connectivity index (χ3n) is 16.3. The van der Waals surface area contributed by atoms with Gasteiger partial charge in [0.05, 0.1) is 0 Å². The van der Waals surface area contributed by atoms with E-state index in [1.807, 2.05) is 0 Å². The largest absolute Gasteiger partial charge is 0.0622 e. The summed E-state index contributed by atoms with van der Waals surface area (Å²) in [5.41, 5.74) is 16.1. The second-order valence-electron chi connectivity index (χ2n) is 19.8.